The van der Waals surface area contributed by atoms with E-state index in [-0.39, 0.29) is 18.2 Å². The molecule has 4 rings (SSSR count). The number of imide groups is 1. The third-order valence-electron chi connectivity index (χ3n) is 5.38. The highest BCUT2D eigenvalue weighted by Crippen LogP contribution is 2.35. The Morgan fingerprint density at radius 2 is 2.00 bits per heavy atom. The number of benzene rings is 1. The van der Waals surface area contributed by atoms with Crippen molar-refractivity contribution in [3.8, 4) is 11.1 Å². The molecular formula is C18H17AlN4O3. The van der Waals surface area contributed by atoms with Gasteiger partial charge in [-0.1, -0.05) is 10.6 Å². The summed E-state index contributed by atoms with van der Waals surface area (Å²) in [4.78, 5) is 38.3. The van der Waals surface area contributed by atoms with Crippen molar-refractivity contribution in [2.24, 2.45) is 7.05 Å². The Labute approximate surface area is 158 Å². The fourth-order valence-corrected chi connectivity index (χ4v) is 3.92. The molecule has 0 saturated carbocycles. The van der Waals surface area contributed by atoms with Crippen molar-refractivity contribution in [3.63, 3.8) is 0 Å². The zero-order valence-electron chi connectivity index (χ0n) is 14.6. The van der Waals surface area contributed by atoms with Crippen molar-refractivity contribution < 1.29 is 14.4 Å². The summed E-state index contributed by atoms with van der Waals surface area (Å²) in [6.45, 7) is 2.08. The second-order valence-electron chi connectivity index (χ2n) is 6.98. The average Bonchev–Trinajstić information content (AvgIpc) is 3.12. The molecule has 1 aromatic carbocycles. The molecule has 1 aromatic heterocycles. The molecule has 8 heteroatoms. The maximum Gasteiger partial charge on any atom is 0.255 e. The Morgan fingerprint density at radius 1 is 1.23 bits per heavy atom. The van der Waals surface area contributed by atoms with Gasteiger partial charge in [-0.2, -0.15) is 5.10 Å². The Balaban J connectivity index is 1.69. The highest BCUT2D eigenvalue weighted by atomic mass is 27.0. The lowest BCUT2D eigenvalue weighted by molar-refractivity contribution is -0.142. The Bertz CT molecular complexity index is 967. The van der Waals surface area contributed by atoms with Gasteiger partial charge >= 0.3 is 0 Å². The molecule has 0 unspecified atom stereocenters. The summed E-state index contributed by atoms with van der Waals surface area (Å²) in [6.07, 6.45) is 2.36. The van der Waals surface area contributed by atoms with E-state index in [0.29, 0.717) is 18.5 Å². The first kappa shape index (κ1) is 17.0. The Morgan fingerprint density at radius 3 is 2.65 bits per heavy atom. The van der Waals surface area contributed by atoms with Crippen LogP contribution >= 0.6 is 0 Å². The lowest BCUT2D eigenvalue weighted by Gasteiger charge is -2.39. The van der Waals surface area contributed by atoms with E-state index in [1.807, 2.05) is 19.2 Å². The number of carbonyl (C=O) groups is 3. The standard InChI is InChI=1S/C18H17N4O3.Al/c1-18(6-5-15(23)20-17(18)25)22-10-12-7-11(3-4-14(12)16(22)24)13-8-19-21(2)9-13;/h3-4,7-8H,5-6,10H2,1-2H3,(H,20,23,25);/t18-;/m0./s1. The summed E-state index contributed by atoms with van der Waals surface area (Å²) in [5.74, 6) is -0.867. The largest absolute Gasteiger partial charge is 0.320 e. The lowest BCUT2D eigenvalue weighted by atomic mass is 9.89. The van der Waals surface area contributed by atoms with Crippen LogP contribution in [0.2, 0.25) is 0 Å². The lowest BCUT2D eigenvalue weighted by Crippen LogP contribution is -2.61. The molecule has 1 fully saturated rings. The van der Waals surface area contributed by atoms with Gasteiger partial charge in [-0.3, -0.25) is 24.4 Å². The minimum absolute atomic E-state index is 0.171. The third-order valence-corrected chi connectivity index (χ3v) is 6.07. The maximum absolute atomic E-state index is 12.9. The maximum atomic E-state index is 12.9. The SMILES string of the molecule is Cn1ncc(-c2ccc3c(c2)CN([C@@]2(C)CCC(=O)NC2=O)C3=O)[c]1[Al]. The number of carbonyl (C=O) groups excluding carboxylic acids is 3. The monoisotopic (exact) mass is 364 g/mol. The molecule has 2 aliphatic heterocycles. The van der Waals surface area contributed by atoms with Gasteiger partial charge in [-0.05, 0) is 36.6 Å². The van der Waals surface area contributed by atoms with Crippen LogP contribution in [-0.2, 0) is 23.2 Å². The number of amides is 3. The zero-order chi connectivity index (χ0) is 18.6. The van der Waals surface area contributed by atoms with Gasteiger partial charge in [-0.15, -0.1) is 0 Å². The van der Waals surface area contributed by atoms with Crippen molar-refractivity contribution in [1.82, 2.24) is 20.0 Å². The number of piperidine rings is 1. The predicted octanol–water partition coefficient (Wildman–Crippen LogP) is 0.0320. The number of aromatic nitrogens is 2. The van der Waals surface area contributed by atoms with Crippen LogP contribution < -0.4 is 9.87 Å². The summed E-state index contributed by atoms with van der Waals surface area (Å²) in [5.41, 5.74) is 2.44. The van der Waals surface area contributed by atoms with Gasteiger partial charge < -0.3 is 4.90 Å². The molecule has 2 aliphatic rings. The second kappa shape index (κ2) is 5.80. The number of nitrogens with one attached hydrogen (secondary N) is 1. The number of nitrogens with zero attached hydrogens (tertiary/aromatic N) is 3. The van der Waals surface area contributed by atoms with Crippen LogP contribution in [0.5, 0.6) is 0 Å². The number of rotatable bonds is 2. The highest BCUT2D eigenvalue weighted by molar-refractivity contribution is 6.34. The van der Waals surface area contributed by atoms with E-state index < -0.39 is 11.4 Å². The average molecular weight is 364 g/mol. The van der Waals surface area contributed by atoms with Crippen LogP contribution in [0.15, 0.2) is 24.4 Å². The van der Waals surface area contributed by atoms with E-state index in [2.05, 4.69) is 26.7 Å². The molecule has 1 atom stereocenters. The molecule has 130 valence electrons. The molecule has 7 nitrogen and oxygen atoms in total. The summed E-state index contributed by atoms with van der Waals surface area (Å²) in [5, 5.41) is 6.61. The number of hydrogen-bond donors (Lipinski definition) is 1. The van der Waals surface area contributed by atoms with Crippen LogP contribution in [-0.4, -0.2) is 54.2 Å². The molecule has 1 N–H and O–H groups in total. The van der Waals surface area contributed by atoms with Crippen LogP contribution in [0, 0.1) is 0 Å². The third kappa shape index (κ3) is 2.41. The van der Waals surface area contributed by atoms with Gasteiger partial charge in [0.15, 0.2) is 0 Å². The molecule has 2 aromatic rings. The summed E-state index contributed by atoms with van der Waals surface area (Å²) in [7, 11) is 1.87. The number of fused-ring (bicyclic) bond motifs is 1. The molecule has 26 heavy (non-hydrogen) atoms. The van der Waals surface area contributed by atoms with Crippen molar-refractivity contribution >= 4 is 38.6 Å². The minimum atomic E-state index is -1.01. The van der Waals surface area contributed by atoms with Gasteiger partial charge in [-0.25, -0.2) is 0 Å². The van der Waals surface area contributed by atoms with Gasteiger partial charge in [0, 0.05) is 31.1 Å². The van der Waals surface area contributed by atoms with Crippen LogP contribution in [0.25, 0.3) is 11.1 Å². The first-order valence-corrected chi connectivity index (χ1v) is 8.96. The van der Waals surface area contributed by atoms with Gasteiger partial charge in [0.05, 0.1) is 6.20 Å². The van der Waals surface area contributed by atoms with Gasteiger partial charge in [0.25, 0.3) is 11.8 Å². The minimum Gasteiger partial charge on any atom is -0.320 e. The first-order chi connectivity index (χ1) is 12.3. The highest BCUT2D eigenvalue weighted by Gasteiger charge is 2.48. The summed E-state index contributed by atoms with van der Waals surface area (Å²) < 4.78 is 2.73. The van der Waals surface area contributed by atoms with Crippen molar-refractivity contribution in [2.45, 2.75) is 31.8 Å². The molecule has 3 heterocycles. The molecule has 2 radical (unpaired) electrons. The molecule has 0 aliphatic carbocycles. The summed E-state index contributed by atoms with van der Waals surface area (Å²) in [6, 6.07) is 5.68. The predicted molar refractivity (Wildman–Crippen MR) is 94.7 cm³/mol. The van der Waals surface area contributed by atoms with E-state index >= 15 is 0 Å². The summed E-state index contributed by atoms with van der Waals surface area (Å²) >= 11 is 2.67. The van der Waals surface area contributed by atoms with E-state index in [1.165, 1.54) is 0 Å². The van der Waals surface area contributed by atoms with Crippen molar-refractivity contribution in [1.29, 1.82) is 0 Å². The van der Waals surface area contributed by atoms with Crippen molar-refractivity contribution in [2.75, 3.05) is 0 Å². The number of aryl methyl sites for hydroxylation is 1. The quantitative estimate of drug-likeness (QED) is 0.602. The second-order valence-corrected chi connectivity index (χ2v) is 7.53. The van der Waals surface area contributed by atoms with E-state index in [0.717, 1.165) is 21.2 Å². The van der Waals surface area contributed by atoms with Crippen LogP contribution in [0.4, 0.5) is 0 Å². The molecular weight excluding hydrogens is 347 g/mol. The smallest absolute Gasteiger partial charge is 0.255 e. The van der Waals surface area contributed by atoms with Crippen molar-refractivity contribution in [3.05, 3.63) is 35.5 Å². The molecule has 0 spiro atoms. The Hall–Kier alpha value is -2.43. The topological polar surface area (TPSA) is 84.3 Å². The fraction of sp³-hybridized carbons (Fsp3) is 0.333. The van der Waals surface area contributed by atoms with E-state index in [1.54, 1.807) is 28.8 Å². The Kier molecular flexibility index (Phi) is 3.79. The first-order valence-electron chi connectivity index (χ1n) is 8.38. The molecule has 1 saturated heterocycles. The normalized spacial score (nSPS) is 22.5. The fourth-order valence-electron chi connectivity index (χ4n) is 3.61. The molecule has 0 bridgehead atoms. The van der Waals surface area contributed by atoms with Crippen LogP contribution in [0.1, 0.15) is 35.7 Å². The van der Waals surface area contributed by atoms with E-state index in [9.17, 15) is 14.4 Å². The molecule has 3 amide bonds. The zero-order valence-corrected chi connectivity index (χ0v) is 15.7. The number of hydrogen-bond acceptors (Lipinski definition) is 4. The van der Waals surface area contributed by atoms with Gasteiger partial charge in [0.1, 0.15) is 5.54 Å². The van der Waals surface area contributed by atoms with E-state index in [4.69, 9.17) is 0 Å². The van der Waals surface area contributed by atoms with Gasteiger partial charge in [0.2, 0.25) is 22.2 Å². The van der Waals surface area contributed by atoms with Crippen LogP contribution in [0.3, 0.4) is 0 Å².